The molecule has 6 nitrogen and oxygen atoms in total. The molecule has 4 atom stereocenters. The number of carboxylic acid groups (broad SMARTS) is 1. The van der Waals surface area contributed by atoms with E-state index < -0.39 is 5.97 Å². The van der Waals surface area contributed by atoms with Crippen LogP contribution in [0.4, 0.5) is 0 Å². The molecule has 0 bridgehead atoms. The van der Waals surface area contributed by atoms with Gasteiger partial charge >= 0.3 is 5.97 Å². The molecule has 2 saturated heterocycles. The van der Waals surface area contributed by atoms with Crippen LogP contribution in [-0.4, -0.2) is 46.7 Å². The fourth-order valence-electron chi connectivity index (χ4n) is 5.06. The first-order chi connectivity index (χ1) is 13.7. The molecule has 3 aliphatic heterocycles. The molecular formula is C22H28ClNO5. The molecule has 0 saturated carbocycles. The molecule has 1 amide bonds. The second kappa shape index (κ2) is 7.80. The van der Waals surface area contributed by atoms with Gasteiger partial charge in [-0.3, -0.25) is 9.59 Å². The van der Waals surface area contributed by atoms with Gasteiger partial charge in [-0.15, -0.1) is 0 Å². The lowest BCUT2D eigenvalue weighted by atomic mass is 9.70. The van der Waals surface area contributed by atoms with E-state index in [2.05, 4.69) is 13.8 Å². The Morgan fingerprint density at radius 2 is 2.10 bits per heavy atom. The van der Waals surface area contributed by atoms with Crippen LogP contribution in [-0.2, 0) is 14.3 Å². The third-order valence-electron chi connectivity index (χ3n) is 6.59. The number of likely N-dealkylation sites (tertiary alicyclic amines) is 1. The summed E-state index contributed by atoms with van der Waals surface area (Å²) in [4.78, 5) is 25.1. The average Bonchev–Trinajstić information content (AvgIpc) is 2.66. The van der Waals surface area contributed by atoms with Gasteiger partial charge in [-0.25, -0.2) is 0 Å². The van der Waals surface area contributed by atoms with E-state index in [-0.39, 0.29) is 48.4 Å². The minimum atomic E-state index is -0.858. The van der Waals surface area contributed by atoms with Gasteiger partial charge in [-0.1, -0.05) is 11.6 Å². The third kappa shape index (κ3) is 4.10. The number of carbonyl (C=O) groups is 2. The molecule has 1 N–H and O–H groups in total. The predicted molar refractivity (Wildman–Crippen MR) is 108 cm³/mol. The molecule has 4 rings (SSSR count). The molecule has 0 aliphatic carbocycles. The normalized spacial score (nSPS) is 29.8. The van der Waals surface area contributed by atoms with Gasteiger partial charge in [0.25, 0.3) is 0 Å². The van der Waals surface area contributed by atoms with E-state index in [4.69, 9.17) is 26.2 Å². The molecule has 1 aromatic rings. The minimum Gasteiger partial charge on any atom is -0.487 e. The quantitative estimate of drug-likeness (QED) is 0.793. The number of fused-ring (bicyclic) bond motifs is 4. The summed E-state index contributed by atoms with van der Waals surface area (Å²) >= 11 is 6.24. The van der Waals surface area contributed by atoms with E-state index in [1.165, 1.54) is 0 Å². The third-order valence-corrected chi connectivity index (χ3v) is 6.82. The van der Waals surface area contributed by atoms with Crippen LogP contribution in [0.15, 0.2) is 18.2 Å². The first-order valence-electron chi connectivity index (χ1n) is 10.4. The summed E-state index contributed by atoms with van der Waals surface area (Å²) in [6, 6.07) is 5.71. The Hall–Kier alpha value is -1.79. The smallest absolute Gasteiger partial charge is 0.303 e. The fraction of sp³-hybridized carbons (Fsp3) is 0.636. The molecule has 0 aromatic heterocycles. The second-order valence-corrected chi connectivity index (χ2v) is 9.40. The number of hydrogen-bond donors (Lipinski definition) is 1. The van der Waals surface area contributed by atoms with Crippen LogP contribution in [0.2, 0.25) is 5.02 Å². The number of ether oxygens (including phenoxy) is 2. The maximum Gasteiger partial charge on any atom is 0.303 e. The Morgan fingerprint density at radius 1 is 1.31 bits per heavy atom. The number of carbonyl (C=O) groups excluding carboxylic acids is 1. The van der Waals surface area contributed by atoms with Gasteiger partial charge in [0.2, 0.25) is 5.91 Å². The van der Waals surface area contributed by atoms with Gasteiger partial charge in [0, 0.05) is 48.4 Å². The number of piperidine rings is 1. The molecule has 3 heterocycles. The van der Waals surface area contributed by atoms with E-state index in [0.717, 1.165) is 24.2 Å². The van der Waals surface area contributed by atoms with Crippen LogP contribution < -0.4 is 4.74 Å². The van der Waals surface area contributed by atoms with E-state index in [0.29, 0.717) is 24.5 Å². The number of halogens is 1. The molecular weight excluding hydrogens is 394 g/mol. The largest absolute Gasteiger partial charge is 0.487 e. The van der Waals surface area contributed by atoms with Crippen LogP contribution >= 0.6 is 11.6 Å². The second-order valence-electron chi connectivity index (χ2n) is 8.96. The maximum atomic E-state index is 12.5. The lowest BCUT2D eigenvalue weighted by Crippen LogP contribution is -2.56. The van der Waals surface area contributed by atoms with Gasteiger partial charge in [-0.2, -0.15) is 0 Å². The van der Waals surface area contributed by atoms with E-state index >= 15 is 0 Å². The summed E-state index contributed by atoms with van der Waals surface area (Å²) < 4.78 is 12.9. The summed E-state index contributed by atoms with van der Waals surface area (Å²) in [5.74, 6) is 0.463. The van der Waals surface area contributed by atoms with Gasteiger partial charge in [0.15, 0.2) is 0 Å². The first-order valence-corrected chi connectivity index (χ1v) is 10.8. The van der Waals surface area contributed by atoms with Crippen molar-refractivity contribution in [2.24, 2.45) is 11.8 Å². The van der Waals surface area contributed by atoms with Gasteiger partial charge in [0.1, 0.15) is 11.4 Å². The summed E-state index contributed by atoms with van der Waals surface area (Å²) in [6.07, 6.45) is 2.50. The Labute approximate surface area is 176 Å². The van der Waals surface area contributed by atoms with E-state index in [1.807, 2.05) is 23.1 Å². The highest BCUT2D eigenvalue weighted by Crippen LogP contribution is 2.53. The predicted octanol–water partition coefficient (Wildman–Crippen LogP) is 4.06. The lowest BCUT2D eigenvalue weighted by Gasteiger charge is -2.53. The lowest BCUT2D eigenvalue weighted by molar-refractivity contribution is -0.188. The van der Waals surface area contributed by atoms with Gasteiger partial charge in [0.05, 0.1) is 12.2 Å². The highest BCUT2D eigenvalue weighted by Gasteiger charge is 2.51. The topological polar surface area (TPSA) is 76.1 Å². The van der Waals surface area contributed by atoms with Crippen LogP contribution in [0.1, 0.15) is 57.6 Å². The first kappa shape index (κ1) is 20.5. The fourth-order valence-corrected chi connectivity index (χ4v) is 5.24. The van der Waals surface area contributed by atoms with Crippen molar-refractivity contribution in [3.05, 3.63) is 28.8 Å². The number of aliphatic carboxylic acids is 1. The Kier molecular flexibility index (Phi) is 5.51. The highest BCUT2D eigenvalue weighted by molar-refractivity contribution is 6.30. The molecule has 29 heavy (non-hydrogen) atoms. The van der Waals surface area contributed by atoms with Crippen molar-refractivity contribution in [3.8, 4) is 5.75 Å². The zero-order chi connectivity index (χ0) is 20.8. The number of amides is 1. The standard InChI is InChI=1S/C22H28ClNO5/c1-22(2)16-10-13-12-24(19(25)4-3-5-20(26)27)9-8-17(13)28-21(16)15-11-14(23)6-7-18(15)29-22/h6-7,11,13,16-17,21H,3-5,8-10,12H2,1-2H3,(H,26,27)/t13-,16+,17+,21-/m1/s1. The number of carboxylic acids is 1. The molecule has 158 valence electrons. The summed E-state index contributed by atoms with van der Waals surface area (Å²) in [7, 11) is 0. The number of nitrogens with zero attached hydrogens (tertiary/aromatic N) is 1. The minimum absolute atomic E-state index is 0.0337. The molecule has 3 aliphatic rings. The average molecular weight is 422 g/mol. The summed E-state index contributed by atoms with van der Waals surface area (Å²) in [5.41, 5.74) is 0.650. The van der Waals surface area contributed by atoms with Crippen molar-refractivity contribution in [1.82, 2.24) is 4.90 Å². The molecule has 7 heteroatoms. The van der Waals surface area contributed by atoms with Crippen LogP contribution in [0, 0.1) is 11.8 Å². The Morgan fingerprint density at radius 3 is 2.86 bits per heavy atom. The molecule has 0 radical (unpaired) electrons. The van der Waals surface area contributed by atoms with Crippen molar-refractivity contribution in [1.29, 1.82) is 0 Å². The van der Waals surface area contributed by atoms with Crippen molar-refractivity contribution < 1.29 is 24.2 Å². The highest BCUT2D eigenvalue weighted by atomic mass is 35.5. The number of rotatable bonds is 4. The molecule has 0 spiro atoms. The monoisotopic (exact) mass is 421 g/mol. The zero-order valence-corrected chi connectivity index (χ0v) is 17.7. The summed E-state index contributed by atoms with van der Waals surface area (Å²) in [5, 5.41) is 9.45. The van der Waals surface area contributed by atoms with Crippen molar-refractivity contribution in [3.63, 3.8) is 0 Å². The van der Waals surface area contributed by atoms with Crippen LogP contribution in [0.25, 0.3) is 0 Å². The molecule has 0 unspecified atom stereocenters. The van der Waals surface area contributed by atoms with Gasteiger partial charge < -0.3 is 19.5 Å². The summed E-state index contributed by atoms with van der Waals surface area (Å²) in [6.45, 7) is 5.53. The van der Waals surface area contributed by atoms with Crippen molar-refractivity contribution in [2.75, 3.05) is 13.1 Å². The Bertz CT molecular complexity index is 810. The van der Waals surface area contributed by atoms with Gasteiger partial charge in [-0.05, 0) is 51.3 Å². The molecule has 1 aromatic carbocycles. The zero-order valence-electron chi connectivity index (χ0n) is 16.9. The maximum absolute atomic E-state index is 12.5. The number of hydrogen-bond acceptors (Lipinski definition) is 4. The SMILES string of the molecule is CC1(C)Oc2ccc(Cl)cc2[C@H]2O[C@H]3CCN(C(=O)CCCC(=O)O)C[C@H]3C[C@@H]21. The van der Waals surface area contributed by atoms with Crippen LogP contribution in [0.5, 0.6) is 5.75 Å². The molecule has 2 fully saturated rings. The van der Waals surface area contributed by atoms with Crippen LogP contribution in [0.3, 0.4) is 0 Å². The number of benzene rings is 1. The van der Waals surface area contributed by atoms with Crippen molar-refractivity contribution in [2.45, 2.75) is 63.8 Å². The van der Waals surface area contributed by atoms with E-state index in [1.54, 1.807) is 0 Å². The van der Waals surface area contributed by atoms with E-state index in [9.17, 15) is 9.59 Å². The van der Waals surface area contributed by atoms with Crippen molar-refractivity contribution >= 4 is 23.5 Å². The Balaban J connectivity index is 1.47.